The maximum Gasteiger partial charge on any atom is 0.325 e. The van der Waals surface area contributed by atoms with Gasteiger partial charge in [-0.1, -0.05) is 0 Å². The first kappa shape index (κ1) is 16.1. The Morgan fingerprint density at radius 3 is 2.18 bits per heavy atom. The molecule has 0 spiro atoms. The summed E-state index contributed by atoms with van der Waals surface area (Å²) in [5.41, 5.74) is 5.97. The molecule has 0 aliphatic carbocycles. The van der Waals surface area contributed by atoms with Gasteiger partial charge in [-0.05, 0) is 27.7 Å². The second-order valence-electron chi connectivity index (χ2n) is 6.68. The van der Waals surface area contributed by atoms with Crippen molar-refractivity contribution in [3.8, 4) is 0 Å². The van der Waals surface area contributed by atoms with Crippen LogP contribution in [0.2, 0.25) is 0 Å². The van der Waals surface area contributed by atoms with Crippen molar-refractivity contribution >= 4 is 5.97 Å². The lowest BCUT2D eigenvalue weighted by molar-refractivity contribution is -0.238. The first-order valence-corrected chi connectivity index (χ1v) is 7.34. The highest BCUT2D eigenvalue weighted by Gasteiger charge is 2.62. The lowest BCUT2D eigenvalue weighted by Crippen LogP contribution is -2.62. The molecule has 3 aliphatic heterocycles. The largest absolute Gasteiger partial charge is 0.468 e. The molecule has 3 rings (SSSR count). The molecular weight excluding hydrogens is 294 g/mol. The van der Waals surface area contributed by atoms with Crippen molar-refractivity contribution < 1.29 is 33.2 Å². The van der Waals surface area contributed by atoms with Crippen molar-refractivity contribution in [1.29, 1.82) is 0 Å². The van der Waals surface area contributed by atoms with Crippen molar-refractivity contribution in [1.82, 2.24) is 0 Å². The quantitative estimate of drug-likeness (QED) is 0.704. The Morgan fingerprint density at radius 1 is 1.00 bits per heavy atom. The molecule has 2 N–H and O–H groups in total. The number of hydrogen-bond donors (Lipinski definition) is 1. The lowest BCUT2D eigenvalue weighted by Gasteiger charge is -2.38. The Morgan fingerprint density at radius 2 is 1.55 bits per heavy atom. The normalized spacial score (nSPS) is 43.3. The molecule has 0 aromatic carbocycles. The Hall–Kier alpha value is -0.770. The first-order valence-electron chi connectivity index (χ1n) is 7.34. The van der Waals surface area contributed by atoms with E-state index in [0.717, 1.165) is 0 Å². The number of carbonyl (C=O) groups is 1. The number of carbonyl (C=O) groups excluding carboxylic acids is 1. The summed E-state index contributed by atoms with van der Waals surface area (Å²) in [6.07, 6.45) is -2.82. The first-order chi connectivity index (χ1) is 10.1. The van der Waals surface area contributed by atoms with Gasteiger partial charge in [0.05, 0.1) is 7.11 Å². The second kappa shape index (κ2) is 5.12. The molecule has 0 aromatic heterocycles. The summed E-state index contributed by atoms with van der Waals surface area (Å²) in [5.74, 6) is -2.20. The minimum atomic E-state index is -0.997. The Labute approximate surface area is 129 Å². The fourth-order valence-corrected chi connectivity index (χ4v) is 3.20. The highest BCUT2D eigenvalue weighted by molar-refractivity contribution is 5.76. The minimum absolute atomic E-state index is 0.434. The smallest absolute Gasteiger partial charge is 0.325 e. The summed E-state index contributed by atoms with van der Waals surface area (Å²) in [7, 11) is 1.28. The summed E-state index contributed by atoms with van der Waals surface area (Å²) in [5, 5.41) is 0. The van der Waals surface area contributed by atoms with Crippen LogP contribution in [0.15, 0.2) is 0 Å². The van der Waals surface area contributed by atoms with Crippen molar-refractivity contribution in [3.05, 3.63) is 0 Å². The van der Waals surface area contributed by atoms with Gasteiger partial charge in [0.15, 0.2) is 17.9 Å². The number of fused-ring (bicyclic) bond motifs is 3. The van der Waals surface area contributed by atoms with Gasteiger partial charge in [0, 0.05) is 0 Å². The molecule has 0 bridgehead atoms. The molecule has 6 atom stereocenters. The van der Waals surface area contributed by atoms with Gasteiger partial charge in [-0.2, -0.15) is 0 Å². The van der Waals surface area contributed by atoms with Crippen LogP contribution in [0.1, 0.15) is 27.7 Å². The lowest BCUT2D eigenvalue weighted by atomic mass is 9.94. The second-order valence-corrected chi connectivity index (χ2v) is 6.68. The van der Waals surface area contributed by atoms with E-state index in [-0.39, 0.29) is 0 Å². The summed E-state index contributed by atoms with van der Waals surface area (Å²) < 4.78 is 34.0. The van der Waals surface area contributed by atoms with Gasteiger partial charge >= 0.3 is 5.97 Å². The molecule has 0 amide bonds. The van der Waals surface area contributed by atoms with Gasteiger partial charge in [0.1, 0.15) is 30.5 Å². The minimum Gasteiger partial charge on any atom is -0.468 e. The molecule has 0 saturated carbocycles. The average Bonchev–Trinajstić information content (AvgIpc) is 2.90. The predicted octanol–water partition coefficient (Wildman–Crippen LogP) is -0.117. The van der Waals surface area contributed by atoms with E-state index in [1.807, 2.05) is 0 Å². The summed E-state index contributed by atoms with van der Waals surface area (Å²) in [4.78, 5) is 11.8. The van der Waals surface area contributed by atoms with Crippen molar-refractivity contribution in [3.63, 3.8) is 0 Å². The van der Waals surface area contributed by atoms with Gasteiger partial charge < -0.3 is 34.2 Å². The third-order valence-electron chi connectivity index (χ3n) is 4.02. The van der Waals surface area contributed by atoms with Crippen LogP contribution in [-0.2, 0) is 33.2 Å². The van der Waals surface area contributed by atoms with Gasteiger partial charge in [0.25, 0.3) is 0 Å². The molecule has 126 valence electrons. The zero-order valence-electron chi connectivity index (χ0n) is 13.4. The molecule has 0 radical (unpaired) electrons. The van der Waals surface area contributed by atoms with Gasteiger partial charge in [0.2, 0.25) is 0 Å². The topological polar surface area (TPSA) is 98.5 Å². The fourth-order valence-electron chi connectivity index (χ4n) is 3.20. The maximum absolute atomic E-state index is 11.8. The number of nitrogens with two attached hydrogens (primary N) is 1. The predicted molar refractivity (Wildman–Crippen MR) is 72.5 cm³/mol. The van der Waals surface area contributed by atoms with Crippen LogP contribution in [0.4, 0.5) is 0 Å². The molecule has 8 heteroatoms. The van der Waals surface area contributed by atoms with E-state index in [1.165, 1.54) is 7.11 Å². The Bertz CT molecular complexity index is 466. The summed E-state index contributed by atoms with van der Waals surface area (Å²) in [6, 6.07) is -0.997. The monoisotopic (exact) mass is 317 g/mol. The number of ether oxygens (including phenoxy) is 6. The number of esters is 1. The molecule has 3 heterocycles. The molecule has 0 unspecified atom stereocenters. The number of methoxy groups -OCH3 is 1. The van der Waals surface area contributed by atoms with Crippen LogP contribution in [0.3, 0.4) is 0 Å². The van der Waals surface area contributed by atoms with Crippen LogP contribution in [0.25, 0.3) is 0 Å². The van der Waals surface area contributed by atoms with E-state index in [4.69, 9.17) is 34.2 Å². The fraction of sp³-hybridized carbons (Fsp3) is 0.929. The average molecular weight is 317 g/mol. The van der Waals surface area contributed by atoms with E-state index in [1.54, 1.807) is 27.7 Å². The highest BCUT2D eigenvalue weighted by atomic mass is 16.9. The number of hydrogen-bond acceptors (Lipinski definition) is 8. The maximum atomic E-state index is 11.8. The molecule has 0 aromatic rings. The van der Waals surface area contributed by atoms with E-state index in [0.29, 0.717) is 0 Å². The SMILES string of the molecule is COC(=O)[C@H](N)[C@H]1O[C@@H]2OC(C)(C)O[C@@H]2[C@H]2OC(C)(C)O[C@H]21. The molecular formula is C14H23NO7. The molecule has 3 aliphatic rings. The van der Waals surface area contributed by atoms with Crippen LogP contribution < -0.4 is 5.73 Å². The van der Waals surface area contributed by atoms with E-state index < -0.39 is 54.3 Å². The van der Waals surface area contributed by atoms with Gasteiger partial charge in [-0.25, -0.2) is 0 Å². The zero-order valence-corrected chi connectivity index (χ0v) is 13.4. The molecule has 3 fully saturated rings. The Balaban J connectivity index is 1.88. The van der Waals surface area contributed by atoms with Crippen molar-refractivity contribution in [2.24, 2.45) is 5.73 Å². The van der Waals surface area contributed by atoms with Crippen LogP contribution >= 0.6 is 0 Å². The van der Waals surface area contributed by atoms with Crippen molar-refractivity contribution in [2.75, 3.05) is 7.11 Å². The summed E-state index contributed by atoms with van der Waals surface area (Å²) in [6.45, 7) is 7.17. The van der Waals surface area contributed by atoms with E-state index in [2.05, 4.69) is 0 Å². The Kier molecular flexibility index (Phi) is 3.75. The highest BCUT2D eigenvalue weighted by Crippen LogP contribution is 2.44. The van der Waals surface area contributed by atoms with E-state index in [9.17, 15) is 4.79 Å². The van der Waals surface area contributed by atoms with Crippen LogP contribution in [0.5, 0.6) is 0 Å². The molecule has 8 nitrogen and oxygen atoms in total. The van der Waals surface area contributed by atoms with Crippen LogP contribution in [0, 0.1) is 0 Å². The third kappa shape index (κ3) is 2.64. The molecule has 22 heavy (non-hydrogen) atoms. The van der Waals surface area contributed by atoms with Gasteiger partial charge in [-0.15, -0.1) is 0 Å². The van der Waals surface area contributed by atoms with Crippen LogP contribution in [-0.4, -0.2) is 61.4 Å². The standard InChI is InChI=1S/C14H23NO7/c1-13(2)19-8-7(6(15)11(16)17-5)18-12-10(9(8)20-13)21-14(3,4)22-12/h6-10,12H,15H2,1-5H3/t6-,7-,8+,9+,10-,12-/m1/s1. The number of rotatable bonds is 2. The summed E-state index contributed by atoms with van der Waals surface area (Å²) >= 11 is 0. The molecule has 3 saturated heterocycles. The van der Waals surface area contributed by atoms with Gasteiger partial charge in [-0.3, -0.25) is 4.79 Å². The third-order valence-corrected chi connectivity index (χ3v) is 4.02. The zero-order chi connectivity index (χ0) is 16.3. The van der Waals surface area contributed by atoms with Crippen molar-refractivity contribution in [2.45, 2.75) is 76.0 Å². The van der Waals surface area contributed by atoms with E-state index >= 15 is 0 Å².